The molecular formula is C16H21N3O2S. The summed E-state index contributed by atoms with van der Waals surface area (Å²) in [7, 11) is 0. The molecule has 1 aromatic rings. The van der Waals surface area contributed by atoms with E-state index in [1.807, 2.05) is 36.1 Å². The van der Waals surface area contributed by atoms with Gasteiger partial charge in [0.25, 0.3) is 5.91 Å². The van der Waals surface area contributed by atoms with Crippen LogP contribution in [0.2, 0.25) is 0 Å². The Morgan fingerprint density at radius 1 is 1.41 bits per heavy atom. The maximum Gasteiger partial charge on any atom is 0.262 e. The van der Waals surface area contributed by atoms with Crippen molar-refractivity contribution >= 4 is 28.9 Å². The lowest BCUT2D eigenvalue weighted by Crippen LogP contribution is -2.53. The minimum atomic E-state index is -0.541. The summed E-state index contributed by atoms with van der Waals surface area (Å²) in [5, 5.41) is 6.90. The molecule has 0 unspecified atom stereocenters. The molecule has 1 fully saturated rings. The lowest BCUT2D eigenvalue weighted by Gasteiger charge is -2.35. The number of fused-ring (bicyclic) bond motifs is 1. The van der Waals surface area contributed by atoms with Crippen molar-refractivity contribution in [2.24, 2.45) is 0 Å². The van der Waals surface area contributed by atoms with Gasteiger partial charge in [-0.1, -0.05) is 19.1 Å². The van der Waals surface area contributed by atoms with Crippen molar-refractivity contribution in [2.45, 2.75) is 38.3 Å². The van der Waals surface area contributed by atoms with Crippen molar-refractivity contribution in [3.63, 3.8) is 0 Å². The van der Waals surface area contributed by atoms with Gasteiger partial charge in [-0.15, -0.1) is 0 Å². The fourth-order valence-electron chi connectivity index (χ4n) is 2.41. The summed E-state index contributed by atoms with van der Waals surface area (Å²) in [5.74, 6) is 0.612. The molecule has 0 aromatic heterocycles. The van der Waals surface area contributed by atoms with Crippen LogP contribution in [0.3, 0.4) is 0 Å². The van der Waals surface area contributed by atoms with Crippen LogP contribution in [-0.2, 0) is 4.79 Å². The molecular weight excluding hydrogens is 298 g/mol. The third kappa shape index (κ3) is 3.32. The fraction of sp³-hybridized carbons (Fsp3) is 0.500. The van der Waals surface area contributed by atoms with Crippen LogP contribution in [0, 0.1) is 0 Å². The zero-order valence-electron chi connectivity index (χ0n) is 12.7. The summed E-state index contributed by atoms with van der Waals surface area (Å²) < 4.78 is 5.85. The Morgan fingerprint density at radius 2 is 2.18 bits per heavy atom. The van der Waals surface area contributed by atoms with Crippen molar-refractivity contribution < 1.29 is 9.53 Å². The average Bonchev–Trinajstić information content (AvgIpc) is 3.35. The van der Waals surface area contributed by atoms with Gasteiger partial charge in [-0.3, -0.25) is 4.79 Å². The molecule has 22 heavy (non-hydrogen) atoms. The Hall–Kier alpha value is -1.82. The first-order chi connectivity index (χ1) is 10.7. The monoisotopic (exact) mass is 319 g/mol. The predicted octanol–water partition coefficient (Wildman–Crippen LogP) is 1.82. The molecule has 1 aliphatic heterocycles. The lowest BCUT2D eigenvalue weighted by atomic mass is 10.2. The van der Waals surface area contributed by atoms with Crippen LogP contribution in [0.1, 0.15) is 26.2 Å². The number of anilines is 1. The lowest BCUT2D eigenvalue weighted by molar-refractivity contribution is -0.127. The quantitative estimate of drug-likeness (QED) is 0.829. The molecule has 0 saturated heterocycles. The Kier molecular flexibility index (Phi) is 4.47. The van der Waals surface area contributed by atoms with Crippen molar-refractivity contribution in [3.8, 4) is 5.75 Å². The summed E-state index contributed by atoms with van der Waals surface area (Å²) in [6.45, 7) is 3.12. The highest BCUT2D eigenvalue weighted by Crippen LogP contribution is 2.33. The largest absolute Gasteiger partial charge is 0.477 e. The van der Waals surface area contributed by atoms with Crippen molar-refractivity contribution in [1.29, 1.82) is 0 Å². The second-order valence-corrected chi connectivity index (χ2v) is 6.09. The number of hydrogen-bond donors (Lipinski definition) is 2. The normalized spacial score (nSPS) is 19.9. The maximum absolute atomic E-state index is 12.2. The zero-order valence-corrected chi connectivity index (χ0v) is 13.5. The molecule has 0 bridgehead atoms. The Balaban J connectivity index is 1.78. The number of amides is 1. The molecule has 2 N–H and O–H groups in total. The van der Waals surface area contributed by atoms with Crippen LogP contribution in [0.5, 0.6) is 5.75 Å². The third-order valence-corrected chi connectivity index (χ3v) is 4.10. The van der Waals surface area contributed by atoms with Gasteiger partial charge in [0.15, 0.2) is 11.2 Å². The summed E-state index contributed by atoms with van der Waals surface area (Å²) in [6, 6.07) is 8.18. The topological polar surface area (TPSA) is 53.6 Å². The van der Waals surface area contributed by atoms with Crippen LogP contribution >= 0.6 is 12.2 Å². The number of benzene rings is 1. The van der Waals surface area contributed by atoms with Gasteiger partial charge < -0.3 is 20.3 Å². The number of carbonyl (C=O) groups excluding carboxylic acids is 1. The highest BCUT2D eigenvalue weighted by Gasteiger charge is 2.33. The molecule has 1 atom stereocenters. The standard InChI is InChI=1S/C16H21N3O2S/c1-2-9-17-15(20)14-10-19(16(22)18-11-7-8-11)12-5-3-4-6-13(12)21-14/h3-6,11,14H,2,7-10H2,1H3,(H,17,20)(H,18,22)/t14-/m0/s1. The summed E-state index contributed by atoms with van der Waals surface area (Å²) in [6.07, 6.45) is 2.68. The van der Waals surface area contributed by atoms with Gasteiger partial charge in [-0.05, 0) is 43.6 Å². The average molecular weight is 319 g/mol. The van der Waals surface area contributed by atoms with Crippen LogP contribution in [0.4, 0.5) is 5.69 Å². The number of nitrogens with one attached hydrogen (secondary N) is 2. The van der Waals surface area contributed by atoms with Gasteiger partial charge in [0.2, 0.25) is 0 Å². The minimum Gasteiger partial charge on any atom is -0.477 e. The van der Waals surface area contributed by atoms with Gasteiger partial charge in [-0.25, -0.2) is 0 Å². The van der Waals surface area contributed by atoms with E-state index in [4.69, 9.17) is 17.0 Å². The van der Waals surface area contributed by atoms with E-state index >= 15 is 0 Å². The molecule has 0 spiro atoms. The molecule has 1 aromatic carbocycles. The van der Waals surface area contributed by atoms with Gasteiger partial charge in [0.1, 0.15) is 5.75 Å². The Labute approximate surface area is 136 Å². The number of ether oxygens (including phenoxy) is 1. The predicted molar refractivity (Wildman–Crippen MR) is 90.3 cm³/mol. The van der Waals surface area contributed by atoms with Gasteiger partial charge in [-0.2, -0.15) is 0 Å². The van der Waals surface area contributed by atoms with Gasteiger partial charge >= 0.3 is 0 Å². The molecule has 6 heteroatoms. The third-order valence-electron chi connectivity index (χ3n) is 3.77. The van der Waals surface area contributed by atoms with E-state index in [1.54, 1.807) is 0 Å². The van der Waals surface area contributed by atoms with E-state index < -0.39 is 6.10 Å². The van der Waals surface area contributed by atoms with E-state index in [1.165, 1.54) is 0 Å². The van der Waals surface area contributed by atoms with Gasteiger partial charge in [0, 0.05) is 12.6 Å². The molecule has 1 heterocycles. The minimum absolute atomic E-state index is 0.0874. The second-order valence-electron chi connectivity index (χ2n) is 5.70. The van der Waals surface area contributed by atoms with Crippen molar-refractivity contribution in [3.05, 3.63) is 24.3 Å². The SMILES string of the molecule is CCCNC(=O)[C@@H]1CN(C(=S)NC2CC2)c2ccccc2O1. The van der Waals surface area contributed by atoms with Crippen LogP contribution in [-0.4, -0.2) is 36.3 Å². The number of carbonyl (C=O) groups is 1. The second kappa shape index (κ2) is 6.52. The van der Waals surface area contributed by atoms with Crippen molar-refractivity contribution in [1.82, 2.24) is 10.6 Å². The smallest absolute Gasteiger partial charge is 0.262 e. The molecule has 0 radical (unpaired) electrons. The highest BCUT2D eigenvalue weighted by molar-refractivity contribution is 7.80. The van der Waals surface area contributed by atoms with Crippen LogP contribution < -0.4 is 20.3 Å². The number of rotatable bonds is 4. The number of nitrogens with zero attached hydrogens (tertiary/aromatic N) is 1. The van der Waals surface area contributed by atoms with E-state index in [0.717, 1.165) is 24.9 Å². The Morgan fingerprint density at radius 3 is 2.91 bits per heavy atom. The van der Waals surface area contributed by atoms with Crippen molar-refractivity contribution in [2.75, 3.05) is 18.0 Å². The van der Waals surface area contributed by atoms with Gasteiger partial charge in [0.05, 0.1) is 12.2 Å². The fourth-order valence-corrected chi connectivity index (χ4v) is 2.75. The summed E-state index contributed by atoms with van der Waals surface area (Å²) in [5.41, 5.74) is 0.917. The van der Waals surface area contributed by atoms with E-state index in [2.05, 4.69) is 10.6 Å². The zero-order chi connectivity index (χ0) is 15.5. The summed E-state index contributed by atoms with van der Waals surface area (Å²) >= 11 is 5.52. The van der Waals surface area contributed by atoms with Crippen LogP contribution in [0.25, 0.3) is 0 Å². The Bertz CT molecular complexity index is 574. The van der Waals surface area contributed by atoms with E-state index in [9.17, 15) is 4.79 Å². The summed E-state index contributed by atoms with van der Waals surface area (Å²) in [4.78, 5) is 14.2. The number of thiocarbonyl (C=S) groups is 1. The molecule has 2 aliphatic rings. The molecule has 1 amide bonds. The first-order valence-corrected chi connectivity index (χ1v) is 8.21. The molecule has 118 valence electrons. The number of para-hydroxylation sites is 2. The molecule has 5 nitrogen and oxygen atoms in total. The highest BCUT2D eigenvalue weighted by atomic mass is 32.1. The molecule has 1 saturated carbocycles. The van der Waals surface area contributed by atoms with E-state index in [-0.39, 0.29) is 5.91 Å². The van der Waals surface area contributed by atoms with E-state index in [0.29, 0.717) is 30.0 Å². The molecule has 1 aliphatic carbocycles. The van der Waals surface area contributed by atoms with Crippen LogP contribution in [0.15, 0.2) is 24.3 Å². The maximum atomic E-state index is 12.2. The first-order valence-electron chi connectivity index (χ1n) is 7.80. The number of hydrogen-bond acceptors (Lipinski definition) is 3. The molecule has 3 rings (SSSR count). The first kappa shape index (κ1) is 15.1.